The Morgan fingerprint density at radius 2 is 1.86 bits per heavy atom. The molecule has 2 aromatic carbocycles. The number of para-hydroxylation sites is 1. The Bertz CT molecular complexity index is 1070. The molecule has 2 aromatic rings. The standard InChI is InChI=1S/C23H20ClFN2O2/c1-13-20(23(29)27-17-10-5-4-9-16(17)25)21(14-7-2-3-8-15(14)24)22-18(26-13)11-6-12-19(22)28/h2-5,7-10,21,26H,6,11-12H2,1H3,(H,27,29)/t21-/m1/s1. The number of carbonyl (C=O) groups excluding carboxylic acids is 2. The van der Waals surface area contributed by atoms with Gasteiger partial charge in [-0.05, 0) is 43.5 Å². The lowest BCUT2D eigenvalue weighted by Crippen LogP contribution is -2.35. The molecule has 1 aliphatic carbocycles. The molecule has 6 heteroatoms. The van der Waals surface area contributed by atoms with Crippen LogP contribution in [0.5, 0.6) is 0 Å². The molecule has 1 amide bonds. The molecule has 0 radical (unpaired) electrons. The van der Waals surface area contributed by atoms with Crippen LogP contribution >= 0.6 is 11.6 Å². The van der Waals surface area contributed by atoms with E-state index in [0.717, 1.165) is 18.5 Å². The Balaban J connectivity index is 1.82. The van der Waals surface area contributed by atoms with Crippen LogP contribution in [-0.4, -0.2) is 11.7 Å². The number of dihydropyridines is 1. The zero-order chi connectivity index (χ0) is 20.5. The maximum absolute atomic E-state index is 14.1. The number of halogens is 2. The number of carbonyl (C=O) groups is 2. The fraction of sp³-hybridized carbons (Fsp3) is 0.217. The van der Waals surface area contributed by atoms with Crippen LogP contribution < -0.4 is 10.6 Å². The van der Waals surface area contributed by atoms with E-state index in [0.29, 0.717) is 33.9 Å². The Hall–Kier alpha value is -2.92. The van der Waals surface area contributed by atoms with Crippen LogP contribution in [0.25, 0.3) is 0 Å². The lowest BCUT2D eigenvalue weighted by atomic mass is 9.75. The number of benzene rings is 2. The molecule has 2 N–H and O–H groups in total. The first kappa shape index (κ1) is 19.4. The van der Waals surface area contributed by atoms with E-state index >= 15 is 0 Å². The van der Waals surface area contributed by atoms with Crippen molar-refractivity contribution in [3.05, 3.63) is 87.5 Å². The van der Waals surface area contributed by atoms with Gasteiger partial charge in [-0.15, -0.1) is 0 Å². The van der Waals surface area contributed by atoms with Crippen LogP contribution in [0, 0.1) is 5.82 Å². The molecule has 2 aliphatic rings. The molecule has 0 fully saturated rings. The Kier molecular flexibility index (Phi) is 5.24. The number of amides is 1. The third kappa shape index (κ3) is 3.58. The maximum Gasteiger partial charge on any atom is 0.254 e. The minimum Gasteiger partial charge on any atom is -0.362 e. The van der Waals surface area contributed by atoms with Crippen LogP contribution in [0.15, 0.2) is 71.1 Å². The molecule has 0 bridgehead atoms. The average molecular weight is 411 g/mol. The van der Waals surface area contributed by atoms with E-state index in [1.807, 2.05) is 12.1 Å². The normalized spacial score (nSPS) is 19.0. The molecule has 1 heterocycles. The molecule has 4 nitrogen and oxygen atoms in total. The summed E-state index contributed by atoms with van der Waals surface area (Å²) in [5.74, 6) is -1.58. The van der Waals surface area contributed by atoms with E-state index in [2.05, 4.69) is 10.6 Å². The van der Waals surface area contributed by atoms with E-state index in [-0.39, 0.29) is 11.5 Å². The summed E-state index contributed by atoms with van der Waals surface area (Å²) in [6.07, 6.45) is 1.94. The number of nitrogens with one attached hydrogen (secondary N) is 2. The highest BCUT2D eigenvalue weighted by molar-refractivity contribution is 6.31. The molecule has 0 saturated heterocycles. The van der Waals surface area contributed by atoms with Crippen molar-refractivity contribution in [2.45, 2.75) is 32.1 Å². The molecular formula is C23H20ClFN2O2. The van der Waals surface area contributed by atoms with Gasteiger partial charge in [0.25, 0.3) is 5.91 Å². The third-order valence-corrected chi connectivity index (χ3v) is 5.70. The van der Waals surface area contributed by atoms with Crippen LogP contribution in [0.2, 0.25) is 5.02 Å². The molecule has 0 spiro atoms. The lowest BCUT2D eigenvalue weighted by molar-refractivity contribution is -0.116. The smallest absolute Gasteiger partial charge is 0.254 e. The first-order valence-electron chi connectivity index (χ1n) is 9.51. The molecule has 0 aromatic heterocycles. The highest BCUT2D eigenvalue weighted by Crippen LogP contribution is 2.44. The quantitative estimate of drug-likeness (QED) is 0.741. The van der Waals surface area contributed by atoms with Crippen molar-refractivity contribution in [3.63, 3.8) is 0 Å². The maximum atomic E-state index is 14.1. The third-order valence-electron chi connectivity index (χ3n) is 5.36. The predicted octanol–water partition coefficient (Wildman–Crippen LogP) is 5.09. The summed E-state index contributed by atoms with van der Waals surface area (Å²) in [6.45, 7) is 1.79. The van der Waals surface area contributed by atoms with Gasteiger partial charge in [-0.3, -0.25) is 9.59 Å². The Labute approximate surface area is 173 Å². The van der Waals surface area contributed by atoms with Gasteiger partial charge in [0.05, 0.1) is 5.69 Å². The molecule has 1 atom stereocenters. The van der Waals surface area contributed by atoms with Crippen molar-refractivity contribution >= 4 is 29.0 Å². The largest absolute Gasteiger partial charge is 0.362 e. The number of allylic oxidation sites excluding steroid dienone is 3. The number of rotatable bonds is 3. The summed E-state index contributed by atoms with van der Waals surface area (Å²) < 4.78 is 14.1. The summed E-state index contributed by atoms with van der Waals surface area (Å²) in [5.41, 5.74) is 3.20. The van der Waals surface area contributed by atoms with Gasteiger partial charge < -0.3 is 10.6 Å². The summed E-state index contributed by atoms with van der Waals surface area (Å²) in [7, 11) is 0. The van der Waals surface area contributed by atoms with Crippen molar-refractivity contribution in [2.75, 3.05) is 5.32 Å². The molecule has 4 rings (SSSR count). The van der Waals surface area contributed by atoms with E-state index in [1.165, 1.54) is 12.1 Å². The number of Topliss-reactive ketones (excluding diaryl/α,β-unsaturated/α-hetero) is 1. The molecular weight excluding hydrogens is 391 g/mol. The minimum absolute atomic E-state index is 0.00682. The minimum atomic E-state index is -0.598. The van der Waals surface area contributed by atoms with E-state index < -0.39 is 17.6 Å². The highest BCUT2D eigenvalue weighted by atomic mass is 35.5. The number of hydrogen-bond acceptors (Lipinski definition) is 3. The van der Waals surface area contributed by atoms with Gasteiger partial charge in [0.1, 0.15) is 5.82 Å². The first-order valence-corrected chi connectivity index (χ1v) is 9.89. The SMILES string of the molecule is CC1=C(C(=O)Nc2ccccc2F)[C@@H](c2ccccc2Cl)C2=C(CCCC2=O)N1. The fourth-order valence-corrected chi connectivity index (χ4v) is 4.30. The van der Waals surface area contributed by atoms with Crippen LogP contribution in [-0.2, 0) is 9.59 Å². The molecule has 0 unspecified atom stereocenters. The number of anilines is 1. The molecule has 148 valence electrons. The van der Waals surface area contributed by atoms with Gasteiger partial charge in [-0.25, -0.2) is 4.39 Å². The van der Waals surface area contributed by atoms with Crippen LogP contribution in [0.4, 0.5) is 10.1 Å². The fourth-order valence-electron chi connectivity index (χ4n) is 4.06. The van der Waals surface area contributed by atoms with Gasteiger partial charge in [0.2, 0.25) is 0 Å². The van der Waals surface area contributed by atoms with Crippen molar-refractivity contribution < 1.29 is 14.0 Å². The molecule has 29 heavy (non-hydrogen) atoms. The van der Waals surface area contributed by atoms with Crippen molar-refractivity contribution in [3.8, 4) is 0 Å². The van der Waals surface area contributed by atoms with E-state index in [1.54, 1.807) is 31.2 Å². The summed E-state index contributed by atoms with van der Waals surface area (Å²) >= 11 is 6.47. The van der Waals surface area contributed by atoms with Crippen LogP contribution in [0.1, 0.15) is 37.7 Å². The Morgan fingerprint density at radius 1 is 1.14 bits per heavy atom. The van der Waals surface area contributed by atoms with Gasteiger partial charge in [-0.1, -0.05) is 41.9 Å². The average Bonchev–Trinajstić information content (AvgIpc) is 2.69. The van der Waals surface area contributed by atoms with Crippen molar-refractivity contribution in [2.24, 2.45) is 0 Å². The van der Waals surface area contributed by atoms with Crippen molar-refractivity contribution in [1.29, 1.82) is 0 Å². The van der Waals surface area contributed by atoms with Gasteiger partial charge >= 0.3 is 0 Å². The van der Waals surface area contributed by atoms with Crippen molar-refractivity contribution in [1.82, 2.24) is 5.32 Å². The van der Waals surface area contributed by atoms with E-state index in [9.17, 15) is 14.0 Å². The first-order chi connectivity index (χ1) is 14.0. The van der Waals surface area contributed by atoms with Gasteiger partial charge in [0, 0.05) is 39.9 Å². The Morgan fingerprint density at radius 3 is 2.62 bits per heavy atom. The van der Waals surface area contributed by atoms with Gasteiger partial charge in [0.15, 0.2) is 5.78 Å². The van der Waals surface area contributed by atoms with E-state index in [4.69, 9.17) is 11.6 Å². The molecule has 0 saturated carbocycles. The van der Waals surface area contributed by atoms with Crippen LogP contribution in [0.3, 0.4) is 0 Å². The zero-order valence-electron chi connectivity index (χ0n) is 15.9. The predicted molar refractivity (Wildman–Crippen MR) is 111 cm³/mol. The lowest BCUT2D eigenvalue weighted by Gasteiger charge is -2.34. The topological polar surface area (TPSA) is 58.2 Å². The van der Waals surface area contributed by atoms with Gasteiger partial charge in [-0.2, -0.15) is 0 Å². The second-order valence-electron chi connectivity index (χ2n) is 7.22. The highest BCUT2D eigenvalue weighted by Gasteiger charge is 2.39. The second-order valence-corrected chi connectivity index (χ2v) is 7.63. The molecule has 1 aliphatic heterocycles. The number of hydrogen-bond donors (Lipinski definition) is 2. The summed E-state index contributed by atoms with van der Waals surface area (Å²) in [4.78, 5) is 26.1. The number of ketones is 1. The second kappa shape index (κ2) is 7.84. The monoisotopic (exact) mass is 410 g/mol. The zero-order valence-corrected chi connectivity index (χ0v) is 16.6. The summed E-state index contributed by atoms with van der Waals surface area (Å²) in [5, 5.41) is 6.37. The summed E-state index contributed by atoms with van der Waals surface area (Å²) in [6, 6.07) is 13.2.